The summed E-state index contributed by atoms with van der Waals surface area (Å²) < 4.78 is 0. The number of carbonyl (C=O) groups is 2. The van der Waals surface area contributed by atoms with Gasteiger partial charge in [0.1, 0.15) is 0 Å². The summed E-state index contributed by atoms with van der Waals surface area (Å²) in [6.45, 7) is 1.83. The molecule has 0 radical (unpaired) electrons. The second-order valence-electron chi connectivity index (χ2n) is 3.99. The maximum Gasteiger partial charge on any atom is 0.303 e. The predicted octanol–water partition coefficient (Wildman–Crippen LogP) is 2.52. The van der Waals surface area contributed by atoms with Gasteiger partial charge in [-0.15, -0.1) is 0 Å². The Morgan fingerprint density at radius 3 is 2.65 bits per heavy atom. The monoisotopic (exact) mass is 231 g/mol. The van der Waals surface area contributed by atoms with E-state index < -0.39 is 5.97 Å². The van der Waals surface area contributed by atoms with Gasteiger partial charge < -0.3 is 10.1 Å². The summed E-state index contributed by atoms with van der Waals surface area (Å²) in [5, 5.41) is 9.44. The Labute approximate surface area is 98.3 Å². The van der Waals surface area contributed by atoms with Gasteiger partial charge in [0.15, 0.2) is 5.78 Å². The van der Waals surface area contributed by atoms with Crippen LogP contribution in [0.3, 0.4) is 0 Å². The number of Topliss-reactive ketones (excluding diaryl/α,β-unsaturated/α-hetero) is 1. The van der Waals surface area contributed by atoms with E-state index >= 15 is 0 Å². The summed E-state index contributed by atoms with van der Waals surface area (Å²) in [5.74, 6) is -1.07. The van der Waals surface area contributed by atoms with Gasteiger partial charge in [0.2, 0.25) is 0 Å². The summed E-state index contributed by atoms with van der Waals surface area (Å²) in [7, 11) is 0. The van der Waals surface area contributed by atoms with Gasteiger partial charge in [-0.1, -0.05) is 18.2 Å². The van der Waals surface area contributed by atoms with Crippen LogP contribution < -0.4 is 0 Å². The largest absolute Gasteiger partial charge is 0.481 e. The predicted molar refractivity (Wildman–Crippen MR) is 64.2 cm³/mol. The van der Waals surface area contributed by atoms with Crippen LogP contribution in [0, 0.1) is 6.92 Å². The average Bonchev–Trinajstić information content (AvgIpc) is 2.61. The zero-order valence-electron chi connectivity index (χ0n) is 9.49. The number of aromatic nitrogens is 1. The van der Waals surface area contributed by atoms with E-state index in [1.807, 2.05) is 31.2 Å². The minimum Gasteiger partial charge on any atom is -0.481 e. The van der Waals surface area contributed by atoms with Gasteiger partial charge in [0.05, 0.1) is 6.42 Å². The Bertz CT molecular complexity index is 583. The quantitative estimate of drug-likeness (QED) is 0.794. The molecule has 1 heterocycles. The summed E-state index contributed by atoms with van der Waals surface area (Å²) in [4.78, 5) is 25.6. The van der Waals surface area contributed by atoms with Crippen molar-refractivity contribution in [1.29, 1.82) is 0 Å². The van der Waals surface area contributed by atoms with E-state index in [-0.39, 0.29) is 18.6 Å². The van der Waals surface area contributed by atoms with Crippen molar-refractivity contribution < 1.29 is 14.7 Å². The molecular weight excluding hydrogens is 218 g/mol. The Kier molecular flexibility index (Phi) is 2.95. The molecule has 17 heavy (non-hydrogen) atoms. The molecule has 0 spiro atoms. The van der Waals surface area contributed by atoms with Crippen molar-refractivity contribution in [3.63, 3.8) is 0 Å². The molecule has 0 bridgehead atoms. The number of carbonyl (C=O) groups excluding carboxylic acids is 1. The lowest BCUT2D eigenvalue weighted by atomic mass is 10.0. The number of rotatable bonds is 4. The van der Waals surface area contributed by atoms with Crippen molar-refractivity contribution >= 4 is 22.7 Å². The molecular formula is C13H13NO3. The number of aliphatic carboxylic acids is 1. The van der Waals surface area contributed by atoms with Crippen molar-refractivity contribution in [1.82, 2.24) is 4.98 Å². The first-order chi connectivity index (χ1) is 8.09. The SMILES string of the molecule is Cc1[nH]c2ccccc2c1C(=O)CCC(=O)O. The number of aromatic amines is 1. The lowest BCUT2D eigenvalue weighted by Crippen LogP contribution is -2.04. The minimum atomic E-state index is -0.948. The fourth-order valence-corrected chi connectivity index (χ4v) is 1.98. The molecule has 0 saturated heterocycles. The highest BCUT2D eigenvalue weighted by Gasteiger charge is 2.16. The smallest absolute Gasteiger partial charge is 0.303 e. The Balaban J connectivity index is 2.37. The molecule has 0 atom stereocenters. The molecule has 0 aliphatic carbocycles. The van der Waals surface area contributed by atoms with Crippen molar-refractivity contribution in [3.8, 4) is 0 Å². The van der Waals surface area contributed by atoms with Crippen molar-refractivity contribution in [2.45, 2.75) is 19.8 Å². The molecule has 0 aliphatic rings. The van der Waals surface area contributed by atoms with Crippen molar-refractivity contribution in [2.24, 2.45) is 0 Å². The number of fused-ring (bicyclic) bond motifs is 1. The molecule has 4 nitrogen and oxygen atoms in total. The maximum absolute atomic E-state index is 12.0. The molecule has 0 saturated carbocycles. The molecule has 2 aromatic rings. The number of H-pyrrole nitrogens is 1. The number of carboxylic acid groups (broad SMARTS) is 1. The molecule has 1 aromatic carbocycles. The van der Waals surface area contributed by atoms with Gasteiger partial charge in [-0.05, 0) is 13.0 Å². The Morgan fingerprint density at radius 2 is 1.94 bits per heavy atom. The highest BCUT2D eigenvalue weighted by Crippen LogP contribution is 2.23. The number of hydrogen-bond donors (Lipinski definition) is 2. The van der Waals surface area contributed by atoms with E-state index in [2.05, 4.69) is 4.98 Å². The molecule has 4 heteroatoms. The number of aryl methyl sites for hydroxylation is 1. The van der Waals surface area contributed by atoms with Crippen molar-refractivity contribution in [3.05, 3.63) is 35.5 Å². The molecule has 0 unspecified atom stereocenters. The van der Waals surface area contributed by atoms with Crippen LogP contribution in [0.15, 0.2) is 24.3 Å². The lowest BCUT2D eigenvalue weighted by molar-refractivity contribution is -0.136. The zero-order chi connectivity index (χ0) is 12.4. The number of carboxylic acids is 1. The van der Waals surface area contributed by atoms with E-state index in [4.69, 9.17) is 5.11 Å². The Morgan fingerprint density at radius 1 is 1.24 bits per heavy atom. The van der Waals surface area contributed by atoms with E-state index in [0.29, 0.717) is 5.56 Å². The first kappa shape index (κ1) is 11.4. The Hall–Kier alpha value is -2.10. The number of hydrogen-bond acceptors (Lipinski definition) is 2. The third-order valence-electron chi connectivity index (χ3n) is 2.74. The summed E-state index contributed by atoms with van der Waals surface area (Å²) in [5.41, 5.74) is 2.31. The average molecular weight is 231 g/mol. The highest BCUT2D eigenvalue weighted by atomic mass is 16.4. The highest BCUT2D eigenvalue weighted by molar-refractivity contribution is 6.09. The summed E-state index contributed by atoms with van der Waals surface area (Å²) in [6.07, 6.45) is -0.0875. The zero-order valence-corrected chi connectivity index (χ0v) is 9.49. The number of para-hydroxylation sites is 1. The van der Waals surface area contributed by atoms with E-state index in [1.165, 1.54) is 0 Å². The molecule has 2 N–H and O–H groups in total. The molecule has 0 aliphatic heterocycles. The number of ketones is 1. The fraction of sp³-hybridized carbons (Fsp3) is 0.231. The van der Waals surface area contributed by atoms with Gasteiger partial charge >= 0.3 is 5.97 Å². The first-order valence-electron chi connectivity index (χ1n) is 5.42. The lowest BCUT2D eigenvalue weighted by Gasteiger charge is -1.99. The van der Waals surface area contributed by atoms with E-state index in [0.717, 1.165) is 16.6 Å². The van der Waals surface area contributed by atoms with Crippen LogP contribution in [-0.4, -0.2) is 21.8 Å². The third kappa shape index (κ3) is 2.20. The summed E-state index contributed by atoms with van der Waals surface area (Å²) >= 11 is 0. The standard InChI is InChI=1S/C13H13NO3/c1-8-13(11(15)6-7-12(16)17)9-4-2-3-5-10(9)14-8/h2-5,14H,6-7H2,1H3,(H,16,17). The first-order valence-corrected chi connectivity index (χ1v) is 5.42. The van der Waals surface area contributed by atoms with Gasteiger partial charge in [-0.2, -0.15) is 0 Å². The molecule has 2 rings (SSSR count). The third-order valence-corrected chi connectivity index (χ3v) is 2.74. The van der Waals surface area contributed by atoms with E-state index in [1.54, 1.807) is 0 Å². The van der Waals surface area contributed by atoms with Gasteiger partial charge in [-0.3, -0.25) is 9.59 Å². The van der Waals surface area contributed by atoms with Crippen LogP contribution >= 0.6 is 0 Å². The van der Waals surface area contributed by atoms with Crippen LogP contribution in [0.5, 0.6) is 0 Å². The van der Waals surface area contributed by atoms with Crippen LogP contribution in [0.1, 0.15) is 28.9 Å². The van der Waals surface area contributed by atoms with Crippen LogP contribution in [0.4, 0.5) is 0 Å². The second kappa shape index (κ2) is 4.41. The van der Waals surface area contributed by atoms with Crippen LogP contribution in [0.2, 0.25) is 0 Å². The van der Waals surface area contributed by atoms with E-state index in [9.17, 15) is 9.59 Å². The van der Waals surface area contributed by atoms with Gasteiger partial charge in [0.25, 0.3) is 0 Å². The minimum absolute atomic E-state index is 0.0397. The van der Waals surface area contributed by atoms with Crippen LogP contribution in [0.25, 0.3) is 10.9 Å². The fourth-order valence-electron chi connectivity index (χ4n) is 1.98. The summed E-state index contributed by atoms with van der Waals surface area (Å²) in [6, 6.07) is 7.52. The second-order valence-corrected chi connectivity index (χ2v) is 3.99. The van der Waals surface area contributed by atoms with Crippen LogP contribution in [-0.2, 0) is 4.79 Å². The molecule has 88 valence electrons. The van der Waals surface area contributed by atoms with Crippen molar-refractivity contribution in [2.75, 3.05) is 0 Å². The topological polar surface area (TPSA) is 70.2 Å². The normalized spacial score (nSPS) is 10.6. The maximum atomic E-state index is 12.0. The van der Waals surface area contributed by atoms with Gasteiger partial charge in [-0.25, -0.2) is 0 Å². The molecule has 0 fully saturated rings. The molecule has 0 amide bonds. The number of benzene rings is 1. The van der Waals surface area contributed by atoms with Gasteiger partial charge in [0, 0.05) is 28.6 Å². The molecule has 1 aromatic heterocycles. The number of nitrogens with one attached hydrogen (secondary N) is 1.